The van der Waals surface area contributed by atoms with Gasteiger partial charge in [-0.05, 0) is 6.92 Å². The summed E-state index contributed by atoms with van der Waals surface area (Å²) in [5.74, 6) is 0. The lowest BCUT2D eigenvalue weighted by Crippen LogP contribution is -2.17. The van der Waals surface area contributed by atoms with Crippen molar-refractivity contribution in [2.24, 2.45) is 7.05 Å². The molecule has 0 saturated carbocycles. The molecule has 68 valence electrons. The third kappa shape index (κ3) is 1.19. The fraction of sp³-hybridized carbons (Fsp3) is 0.222. The lowest BCUT2D eigenvalue weighted by Gasteiger charge is -2.00. The van der Waals surface area contributed by atoms with E-state index in [4.69, 9.17) is 11.6 Å². The van der Waals surface area contributed by atoms with Crippen LogP contribution in [0.15, 0.2) is 16.4 Å². The van der Waals surface area contributed by atoms with Gasteiger partial charge in [0.05, 0.1) is 9.72 Å². The quantitative estimate of drug-likeness (QED) is 0.659. The third-order valence-corrected chi connectivity index (χ3v) is 3.45. The fourth-order valence-electron chi connectivity index (χ4n) is 1.42. The maximum atomic E-state index is 11.5. The molecule has 0 amide bonds. The second-order valence-electron chi connectivity index (χ2n) is 2.99. The molecule has 2 heterocycles. The highest BCUT2D eigenvalue weighted by molar-refractivity contribution is 7.17. The molecular formula is C9H8ClNOS. The Hall–Kier alpha value is -0.800. The number of pyridine rings is 1. The fourth-order valence-corrected chi connectivity index (χ4v) is 2.80. The Kier molecular flexibility index (Phi) is 1.93. The number of halogens is 1. The summed E-state index contributed by atoms with van der Waals surface area (Å²) in [6, 6.07) is 0. The Morgan fingerprint density at radius 2 is 2.23 bits per heavy atom. The average molecular weight is 214 g/mol. The van der Waals surface area contributed by atoms with Crippen LogP contribution in [0.5, 0.6) is 0 Å². The van der Waals surface area contributed by atoms with E-state index >= 15 is 0 Å². The van der Waals surface area contributed by atoms with Gasteiger partial charge >= 0.3 is 0 Å². The molecule has 13 heavy (non-hydrogen) atoms. The van der Waals surface area contributed by atoms with Gasteiger partial charge in [-0.1, -0.05) is 11.6 Å². The van der Waals surface area contributed by atoms with Gasteiger partial charge in [-0.25, -0.2) is 0 Å². The molecule has 2 aromatic rings. The highest BCUT2D eigenvalue weighted by Gasteiger charge is 2.08. The summed E-state index contributed by atoms with van der Waals surface area (Å²) in [6.45, 7) is 1.81. The highest BCUT2D eigenvalue weighted by atomic mass is 35.5. The smallest absolute Gasteiger partial charge is 0.253 e. The molecule has 0 aromatic carbocycles. The molecule has 0 aliphatic rings. The van der Waals surface area contributed by atoms with Gasteiger partial charge < -0.3 is 4.57 Å². The van der Waals surface area contributed by atoms with Crippen molar-refractivity contribution in [1.29, 1.82) is 0 Å². The van der Waals surface area contributed by atoms with Crippen molar-refractivity contribution in [1.82, 2.24) is 4.57 Å². The standard InChI is InChI=1S/C9H8ClNOS/c1-5-8-6(10)4-13-7(8)3-11(2)9(5)12/h3-4H,1-2H3. The SMILES string of the molecule is Cc1c(=O)n(C)cc2scc(Cl)c12. The maximum Gasteiger partial charge on any atom is 0.253 e. The normalized spacial score (nSPS) is 11.0. The van der Waals surface area contributed by atoms with Gasteiger partial charge in [0.25, 0.3) is 5.56 Å². The van der Waals surface area contributed by atoms with Gasteiger partial charge in [0.15, 0.2) is 0 Å². The Balaban J connectivity index is 3.06. The second-order valence-corrected chi connectivity index (χ2v) is 4.31. The number of rotatable bonds is 0. The van der Waals surface area contributed by atoms with Crippen LogP contribution >= 0.6 is 22.9 Å². The number of nitrogens with zero attached hydrogens (tertiary/aromatic N) is 1. The summed E-state index contributed by atoms with van der Waals surface area (Å²) in [4.78, 5) is 11.5. The summed E-state index contributed by atoms with van der Waals surface area (Å²) in [6.07, 6.45) is 1.82. The minimum atomic E-state index is 0.0211. The number of fused-ring (bicyclic) bond motifs is 1. The molecule has 0 bridgehead atoms. The van der Waals surface area contributed by atoms with Crippen LogP contribution in [0.3, 0.4) is 0 Å². The number of aromatic nitrogens is 1. The van der Waals surface area contributed by atoms with Gasteiger partial charge in [-0.15, -0.1) is 11.3 Å². The van der Waals surface area contributed by atoms with E-state index in [1.165, 1.54) is 0 Å². The Labute approximate surface area is 84.4 Å². The maximum absolute atomic E-state index is 11.5. The van der Waals surface area contributed by atoms with Crippen LogP contribution in [-0.4, -0.2) is 4.57 Å². The van der Waals surface area contributed by atoms with Crippen molar-refractivity contribution in [3.8, 4) is 0 Å². The minimum Gasteiger partial charge on any atom is -0.317 e. The van der Waals surface area contributed by atoms with Crippen LogP contribution in [0.2, 0.25) is 5.02 Å². The molecule has 2 rings (SSSR count). The predicted octanol–water partition coefficient (Wildman–Crippen LogP) is 2.56. The first-order valence-corrected chi connectivity index (χ1v) is 5.10. The zero-order chi connectivity index (χ0) is 9.59. The van der Waals surface area contributed by atoms with E-state index in [0.717, 1.165) is 15.6 Å². The van der Waals surface area contributed by atoms with Crippen molar-refractivity contribution in [3.05, 3.63) is 32.5 Å². The molecule has 0 aliphatic carbocycles. The van der Waals surface area contributed by atoms with E-state index in [2.05, 4.69) is 0 Å². The van der Waals surface area contributed by atoms with E-state index in [1.54, 1.807) is 23.0 Å². The molecule has 0 aliphatic heterocycles. The lowest BCUT2D eigenvalue weighted by molar-refractivity contribution is 0.861. The lowest BCUT2D eigenvalue weighted by atomic mass is 10.2. The van der Waals surface area contributed by atoms with E-state index < -0.39 is 0 Å². The average Bonchev–Trinajstić information content (AvgIpc) is 2.43. The molecule has 0 saturated heterocycles. The zero-order valence-corrected chi connectivity index (χ0v) is 8.87. The molecule has 0 N–H and O–H groups in total. The molecule has 0 fully saturated rings. The van der Waals surface area contributed by atoms with Gasteiger partial charge in [0, 0.05) is 29.6 Å². The zero-order valence-electron chi connectivity index (χ0n) is 7.30. The monoisotopic (exact) mass is 213 g/mol. The van der Waals surface area contributed by atoms with Crippen LogP contribution in [-0.2, 0) is 7.05 Å². The van der Waals surface area contributed by atoms with Crippen LogP contribution < -0.4 is 5.56 Å². The first-order valence-electron chi connectivity index (χ1n) is 3.84. The Morgan fingerprint density at radius 3 is 2.92 bits per heavy atom. The van der Waals surface area contributed by atoms with Crippen LogP contribution in [0, 0.1) is 6.92 Å². The number of hydrogen-bond donors (Lipinski definition) is 0. The van der Waals surface area contributed by atoms with Crippen LogP contribution in [0.4, 0.5) is 0 Å². The van der Waals surface area contributed by atoms with E-state index in [-0.39, 0.29) is 5.56 Å². The summed E-state index contributed by atoms with van der Waals surface area (Å²) < 4.78 is 2.65. The van der Waals surface area contributed by atoms with Crippen LogP contribution in [0.1, 0.15) is 5.56 Å². The largest absolute Gasteiger partial charge is 0.317 e. The molecule has 0 spiro atoms. The van der Waals surface area contributed by atoms with Crippen molar-refractivity contribution in [2.75, 3.05) is 0 Å². The second kappa shape index (κ2) is 2.86. The van der Waals surface area contributed by atoms with Gasteiger partial charge in [0.1, 0.15) is 0 Å². The molecular weight excluding hydrogens is 206 g/mol. The van der Waals surface area contributed by atoms with E-state index in [1.807, 2.05) is 18.5 Å². The number of hydrogen-bond acceptors (Lipinski definition) is 2. The number of thiophene rings is 1. The van der Waals surface area contributed by atoms with Crippen molar-refractivity contribution >= 4 is 33.0 Å². The van der Waals surface area contributed by atoms with Crippen molar-refractivity contribution in [2.45, 2.75) is 6.92 Å². The van der Waals surface area contributed by atoms with Gasteiger partial charge in [0.2, 0.25) is 0 Å². The molecule has 0 unspecified atom stereocenters. The summed E-state index contributed by atoms with van der Waals surface area (Å²) >= 11 is 7.52. The molecule has 4 heteroatoms. The van der Waals surface area contributed by atoms with Gasteiger partial charge in [-0.3, -0.25) is 4.79 Å². The summed E-state index contributed by atoms with van der Waals surface area (Å²) in [7, 11) is 1.75. The Morgan fingerprint density at radius 1 is 1.54 bits per heavy atom. The molecule has 2 nitrogen and oxygen atoms in total. The van der Waals surface area contributed by atoms with E-state index in [9.17, 15) is 4.79 Å². The Bertz CT molecular complexity index is 526. The summed E-state index contributed by atoms with van der Waals surface area (Å²) in [5.41, 5.74) is 0.749. The summed E-state index contributed by atoms with van der Waals surface area (Å²) in [5, 5.41) is 3.43. The van der Waals surface area contributed by atoms with Gasteiger partial charge in [-0.2, -0.15) is 0 Å². The molecule has 2 aromatic heterocycles. The topological polar surface area (TPSA) is 22.0 Å². The van der Waals surface area contributed by atoms with Crippen LogP contribution in [0.25, 0.3) is 10.1 Å². The van der Waals surface area contributed by atoms with E-state index in [0.29, 0.717) is 5.02 Å². The minimum absolute atomic E-state index is 0.0211. The van der Waals surface area contributed by atoms with Crippen molar-refractivity contribution < 1.29 is 0 Å². The molecule has 0 atom stereocenters. The predicted molar refractivity (Wildman–Crippen MR) is 56.8 cm³/mol. The highest BCUT2D eigenvalue weighted by Crippen LogP contribution is 2.30. The first-order chi connectivity index (χ1) is 6.11. The number of aryl methyl sites for hydroxylation is 2. The first kappa shape index (κ1) is 8.78. The molecule has 0 radical (unpaired) electrons. The third-order valence-electron chi connectivity index (χ3n) is 2.10. The van der Waals surface area contributed by atoms with Crippen molar-refractivity contribution in [3.63, 3.8) is 0 Å².